The van der Waals surface area contributed by atoms with Crippen molar-refractivity contribution < 1.29 is 18.3 Å². The highest BCUT2D eigenvalue weighted by Crippen LogP contribution is 2.16. The van der Waals surface area contributed by atoms with Crippen LogP contribution in [0.4, 0.5) is 8.78 Å². The third-order valence-electron chi connectivity index (χ3n) is 0.929. The molecule has 0 bridgehead atoms. The zero-order chi connectivity index (χ0) is 8.20. The third-order valence-corrected chi connectivity index (χ3v) is 0.929. The first kappa shape index (κ1) is 13.2. The minimum absolute atomic E-state index is 0. The largest absolute Gasteiger partial charge is 0.469 e. The Kier molecular flexibility index (Phi) is 6.31. The van der Waals surface area contributed by atoms with Gasteiger partial charge in [0.1, 0.15) is 6.42 Å². The second kappa shape index (κ2) is 5.26. The van der Waals surface area contributed by atoms with E-state index in [1.165, 1.54) is 0 Å². The van der Waals surface area contributed by atoms with Gasteiger partial charge >= 0.3 is 5.97 Å². The van der Waals surface area contributed by atoms with Crippen molar-refractivity contribution in [2.75, 3.05) is 13.7 Å². The van der Waals surface area contributed by atoms with E-state index >= 15 is 0 Å². The van der Waals surface area contributed by atoms with Crippen molar-refractivity contribution in [2.24, 2.45) is 5.73 Å². The molecule has 0 aromatic rings. The predicted molar refractivity (Wildman–Crippen MR) is 37.9 cm³/mol. The summed E-state index contributed by atoms with van der Waals surface area (Å²) in [6, 6.07) is 0. The molecule has 0 fully saturated rings. The number of esters is 1. The average molecular weight is 190 g/mol. The first-order chi connectivity index (χ1) is 4.52. The molecular weight excluding hydrogens is 180 g/mol. The zero-order valence-electron chi connectivity index (χ0n) is 5.97. The van der Waals surface area contributed by atoms with Crippen LogP contribution in [0, 0.1) is 0 Å². The van der Waals surface area contributed by atoms with E-state index in [0.717, 1.165) is 7.11 Å². The van der Waals surface area contributed by atoms with Gasteiger partial charge in [0.05, 0.1) is 13.7 Å². The molecule has 0 saturated carbocycles. The van der Waals surface area contributed by atoms with E-state index in [1.54, 1.807) is 0 Å². The minimum Gasteiger partial charge on any atom is -0.469 e. The number of carbonyl (C=O) groups excluding carboxylic acids is 1. The van der Waals surface area contributed by atoms with E-state index < -0.39 is 24.9 Å². The van der Waals surface area contributed by atoms with Crippen molar-refractivity contribution in [3.05, 3.63) is 0 Å². The zero-order valence-corrected chi connectivity index (χ0v) is 6.79. The molecule has 3 nitrogen and oxygen atoms in total. The van der Waals surface area contributed by atoms with Gasteiger partial charge in [0.25, 0.3) is 5.92 Å². The molecule has 0 aromatic carbocycles. The lowest BCUT2D eigenvalue weighted by Gasteiger charge is -2.10. The Morgan fingerprint density at radius 3 is 2.36 bits per heavy atom. The van der Waals surface area contributed by atoms with Gasteiger partial charge in [0.15, 0.2) is 0 Å². The van der Waals surface area contributed by atoms with Crippen LogP contribution in [0.3, 0.4) is 0 Å². The summed E-state index contributed by atoms with van der Waals surface area (Å²) in [4.78, 5) is 10.2. The molecule has 0 rings (SSSR count). The Balaban J connectivity index is 0. The number of rotatable bonds is 3. The number of hydrogen-bond donors (Lipinski definition) is 1. The second-order valence-corrected chi connectivity index (χ2v) is 1.81. The van der Waals surface area contributed by atoms with E-state index in [2.05, 4.69) is 10.5 Å². The molecule has 0 aromatic heterocycles. The Morgan fingerprint density at radius 2 is 2.09 bits per heavy atom. The van der Waals surface area contributed by atoms with Crippen LogP contribution in [0.5, 0.6) is 0 Å². The fraction of sp³-hybridized carbons (Fsp3) is 0.800. The van der Waals surface area contributed by atoms with Crippen LogP contribution >= 0.6 is 12.4 Å². The second-order valence-electron chi connectivity index (χ2n) is 1.81. The fourth-order valence-corrected chi connectivity index (χ4v) is 0.356. The van der Waals surface area contributed by atoms with Crippen molar-refractivity contribution in [3.63, 3.8) is 0 Å². The quantitative estimate of drug-likeness (QED) is 0.661. The number of hydrogen-bond acceptors (Lipinski definition) is 3. The van der Waals surface area contributed by atoms with E-state index in [-0.39, 0.29) is 12.4 Å². The maximum Gasteiger partial charge on any atom is 0.311 e. The molecule has 11 heavy (non-hydrogen) atoms. The molecule has 0 radical (unpaired) electrons. The van der Waals surface area contributed by atoms with Crippen LogP contribution in [0.1, 0.15) is 6.42 Å². The summed E-state index contributed by atoms with van der Waals surface area (Å²) < 4.78 is 28.3. The van der Waals surface area contributed by atoms with Gasteiger partial charge in [-0.2, -0.15) is 0 Å². The molecule has 0 amide bonds. The first-order valence-corrected chi connectivity index (χ1v) is 2.66. The molecule has 2 N–H and O–H groups in total. The van der Waals surface area contributed by atoms with E-state index in [0.29, 0.717) is 0 Å². The summed E-state index contributed by atoms with van der Waals surface area (Å²) in [6.45, 7) is -0.831. The summed E-state index contributed by atoms with van der Waals surface area (Å²) in [5.41, 5.74) is 4.65. The molecular formula is C5H10ClF2NO2. The monoisotopic (exact) mass is 189 g/mol. The van der Waals surface area contributed by atoms with Gasteiger partial charge in [-0.3, -0.25) is 4.79 Å². The van der Waals surface area contributed by atoms with Crippen molar-refractivity contribution in [1.82, 2.24) is 0 Å². The van der Waals surface area contributed by atoms with E-state index in [4.69, 9.17) is 0 Å². The summed E-state index contributed by atoms with van der Waals surface area (Å²) in [5.74, 6) is -4.08. The van der Waals surface area contributed by atoms with E-state index in [1.807, 2.05) is 0 Å². The molecule has 0 saturated heterocycles. The summed E-state index contributed by atoms with van der Waals surface area (Å²) in [7, 11) is 1.05. The standard InChI is InChI=1S/C5H9F2NO2.ClH/c1-10-4(9)2-5(6,7)3-8;/h2-3,8H2,1H3;1H. The number of alkyl halides is 2. The number of methoxy groups -OCH3 is 1. The smallest absolute Gasteiger partial charge is 0.311 e. The molecule has 68 valence electrons. The number of ether oxygens (including phenoxy) is 1. The first-order valence-electron chi connectivity index (χ1n) is 2.66. The highest BCUT2D eigenvalue weighted by Gasteiger charge is 2.30. The number of nitrogens with two attached hydrogens (primary N) is 1. The molecule has 0 atom stereocenters. The third kappa shape index (κ3) is 6.00. The predicted octanol–water partition coefficient (Wildman–Crippen LogP) is 0.565. The van der Waals surface area contributed by atoms with Crippen LogP contribution < -0.4 is 5.73 Å². The van der Waals surface area contributed by atoms with Gasteiger partial charge in [0, 0.05) is 0 Å². The van der Waals surface area contributed by atoms with Gasteiger partial charge < -0.3 is 10.5 Å². The summed E-state index contributed by atoms with van der Waals surface area (Å²) >= 11 is 0. The SMILES string of the molecule is COC(=O)CC(F)(F)CN.Cl. The average Bonchev–Trinajstić information content (AvgIpc) is 1.87. The molecule has 0 aliphatic heterocycles. The van der Waals surface area contributed by atoms with Crippen LogP contribution in [-0.2, 0) is 9.53 Å². The normalized spacial score (nSPS) is 10.2. The van der Waals surface area contributed by atoms with Crippen LogP contribution in [0.15, 0.2) is 0 Å². The molecule has 0 aliphatic rings. The van der Waals surface area contributed by atoms with Crippen molar-refractivity contribution in [2.45, 2.75) is 12.3 Å². The Morgan fingerprint density at radius 1 is 1.64 bits per heavy atom. The fourth-order valence-electron chi connectivity index (χ4n) is 0.356. The topological polar surface area (TPSA) is 52.3 Å². The van der Waals surface area contributed by atoms with Gasteiger partial charge in [-0.05, 0) is 0 Å². The molecule has 0 spiro atoms. The Bertz CT molecular complexity index is 132. The molecule has 0 unspecified atom stereocenters. The maximum absolute atomic E-state index is 12.2. The van der Waals surface area contributed by atoms with Crippen LogP contribution in [-0.4, -0.2) is 25.5 Å². The summed E-state index contributed by atoms with van der Waals surface area (Å²) in [6.07, 6.45) is -0.944. The minimum atomic E-state index is -3.13. The lowest BCUT2D eigenvalue weighted by atomic mass is 10.2. The highest BCUT2D eigenvalue weighted by molar-refractivity contribution is 5.85. The maximum atomic E-state index is 12.2. The van der Waals surface area contributed by atoms with Gasteiger partial charge in [-0.25, -0.2) is 8.78 Å². The van der Waals surface area contributed by atoms with Crippen LogP contribution in [0.25, 0.3) is 0 Å². The molecule has 0 aliphatic carbocycles. The van der Waals surface area contributed by atoms with Crippen molar-refractivity contribution >= 4 is 18.4 Å². The van der Waals surface area contributed by atoms with Crippen molar-refractivity contribution in [3.8, 4) is 0 Å². The Hall–Kier alpha value is -0.420. The highest BCUT2D eigenvalue weighted by atomic mass is 35.5. The number of carbonyl (C=O) groups is 1. The molecule has 0 heterocycles. The number of halogens is 3. The van der Waals surface area contributed by atoms with E-state index in [9.17, 15) is 13.6 Å². The lowest BCUT2D eigenvalue weighted by molar-refractivity contribution is -0.147. The van der Waals surface area contributed by atoms with Gasteiger partial charge in [0.2, 0.25) is 0 Å². The summed E-state index contributed by atoms with van der Waals surface area (Å²) in [5, 5.41) is 0. The van der Waals surface area contributed by atoms with Gasteiger partial charge in [-0.15, -0.1) is 12.4 Å². The van der Waals surface area contributed by atoms with Crippen molar-refractivity contribution in [1.29, 1.82) is 0 Å². The molecule has 6 heteroatoms. The van der Waals surface area contributed by atoms with Crippen LogP contribution in [0.2, 0.25) is 0 Å². The lowest BCUT2D eigenvalue weighted by Crippen LogP contribution is -2.30. The Labute approximate surface area is 69.3 Å². The van der Waals surface area contributed by atoms with Gasteiger partial charge in [-0.1, -0.05) is 0 Å².